The first-order chi connectivity index (χ1) is 13.4. The van der Waals surface area contributed by atoms with Gasteiger partial charge in [-0.1, -0.05) is 25.5 Å². The number of benzene rings is 1. The second-order valence-electron chi connectivity index (χ2n) is 7.16. The number of amides is 2. The average Bonchev–Trinajstić information content (AvgIpc) is 2.68. The molecule has 2 N–H and O–H groups in total. The van der Waals surface area contributed by atoms with Crippen molar-refractivity contribution in [1.29, 1.82) is 0 Å². The molecule has 0 aromatic heterocycles. The third-order valence-electron chi connectivity index (χ3n) is 5.01. The molecule has 0 spiro atoms. The van der Waals surface area contributed by atoms with Gasteiger partial charge in [-0.3, -0.25) is 0 Å². The third-order valence-corrected chi connectivity index (χ3v) is 6.43. The maximum Gasteiger partial charge on any atom is 0.317 e. The van der Waals surface area contributed by atoms with Gasteiger partial charge in [0.2, 0.25) is 10.0 Å². The SMILES string of the molecule is CCCc1ccc(OCC2CCN(C(=O)NCC)CC2NS(=O)(=O)CC)cc1. The van der Waals surface area contributed by atoms with E-state index >= 15 is 0 Å². The fourth-order valence-corrected chi connectivity index (χ4v) is 4.23. The molecule has 0 saturated carbocycles. The summed E-state index contributed by atoms with van der Waals surface area (Å²) in [7, 11) is -3.37. The number of piperidine rings is 1. The van der Waals surface area contributed by atoms with E-state index in [1.807, 2.05) is 19.1 Å². The van der Waals surface area contributed by atoms with Crippen molar-refractivity contribution in [1.82, 2.24) is 14.9 Å². The summed E-state index contributed by atoms with van der Waals surface area (Å²) in [5.41, 5.74) is 1.28. The van der Waals surface area contributed by atoms with Crippen LogP contribution in [-0.2, 0) is 16.4 Å². The molecule has 1 aromatic carbocycles. The molecule has 1 aliphatic heterocycles. The Bertz CT molecular complexity index is 721. The van der Waals surface area contributed by atoms with Gasteiger partial charge in [0.1, 0.15) is 5.75 Å². The molecule has 158 valence electrons. The van der Waals surface area contributed by atoms with Gasteiger partial charge in [0.15, 0.2) is 0 Å². The van der Waals surface area contributed by atoms with Crippen LogP contribution in [0.15, 0.2) is 24.3 Å². The van der Waals surface area contributed by atoms with Gasteiger partial charge in [0, 0.05) is 31.6 Å². The summed E-state index contributed by atoms with van der Waals surface area (Å²) in [4.78, 5) is 13.8. The Kier molecular flexibility index (Phi) is 8.57. The minimum Gasteiger partial charge on any atom is -0.493 e. The molecule has 2 atom stereocenters. The minimum absolute atomic E-state index is 0.00215. The summed E-state index contributed by atoms with van der Waals surface area (Å²) in [5.74, 6) is 0.794. The van der Waals surface area contributed by atoms with Crippen LogP contribution in [0.1, 0.15) is 39.2 Å². The van der Waals surface area contributed by atoms with Crippen LogP contribution in [0, 0.1) is 5.92 Å². The average molecular weight is 412 g/mol. The highest BCUT2D eigenvalue weighted by molar-refractivity contribution is 7.89. The molecule has 1 heterocycles. The summed E-state index contributed by atoms with van der Waals surface area (Å²) in [6.45, 7) is 7.50. The zero-order valence-electron chi connectivity index (χ0n) is 17.1. The lowest BCUT2D eigenvalue weighted by Crippen LogP contribution is -2.57. The van der Waals surface area contributed by atoms with Crippen LogP contribution in [0.25, 0.3) is 0 Å². The van der Waals surface area contributed by atoms with E-state index in [4.69, 9.17) is 4.74 Å². The van der Waals surface area contributed by atoms with Crippen LogP contribution in [0.2, 0.25) is 0 Å². The Balaban J connectivity index is 2.02. The Morgan fingerprint density at radius 2 is 1.93 bits per heavy atom. The molecular weight excluding hydrogens is 378 g/mol. The van der Waals surface area contributed by atoms with Crippen LogP contribution < -0.4 is 14.8 Å². The third kappa shape index (κ3) is 6.67. The number of urea groups is 1. The zero-order valence-corrected chi connectivity index (χ0v) is 17.9. The largest absolute Gasteiger partial charge is 0.493 e. The van der Waals surface area contributed by atoms with Gasteiger partial charge in [-0.05, 0) is 44.4 Å². The van der Waals surface area contributed by atoms with E-state index in [0.717, 1.165) is 18.6 Å². The molecule has 8 heteroatoms. The quantitative estimate of drug-likeness (QED) is 0.653. The zero-order chi connectivity index (χ0) is 20.6. The molecule has 1 aromatic rings. The molecule has 2 rings (SSSR count). The molecule has 1 fully saturated rings. The maximum absolute atomic E-state index is 12.2. The lowest BCUT2D eigenvalue weighted by atomic mass is 9.93. The van der Waals surface area contributed by atoms with Gasteiger partial charge in [-0.2, -0.15) is 0 Å². The standard InChI is InChI=1S/C20H33N3O4S/c1-4-7-16-8-10-18(11-9-16)27-15-17-12-13-23(20(24)21-5-2)14-19(17)22-28(25,26)6-3/h8-11,17,19,22H,4-7,12-15H2,1-3H3,(H,21,24). The molecule has 1 aliphatic rings. The number of hydrogen-bond acceptors (Lipinski definition) is 4. The number of carbonyl (C=O) groups excluding carboxylic acids is 1. The molecule has 0 bridgehead atoms. The number of hydrogen-bond donors (Lipinski definition) is 2. The second-order valence-corrected chi connectivity index (χ2v) is 9.21. The normalized spacial score (nSPS) is 20.0. The van der Waals surface area contributed by atoms with Gasteiger partial charge in [0.25, 0.3) is 0 Å². The van der Waals surface area contributed by atoms with Crippen LogP contribution >= 0.6 is 0 Å². The van der Waals surface area contributed by atoms with E-state index < -0.39 is 10.0 Å². The number of nitrogens with one attached hydrogen (secondary N) is 2. The number of rotatable bonds is 9. The van der Waals surface area contributed by atoms with Crippen molar-refractivity contribution in [3.63, 3.8) is 0 Å². The number of nitrogens with zero attached hydrogens (tertiary/aromatic N) is 1. The molecule has 2 unspecified atom stereocenters. The second kappa shape index (κ2) is 10.7. The smallest absolute Gasteiger partial charge is 0.317 e. The maximum atomic E-state index is 12.2. The van der Waals surface area contributed by atoms with Crippen molar-refractivity contribution in [2.45, 2.75) is 46.1 Å². The van der Waals surface area contributed by atoms with Gasteiger partial charge >= 0.3 is 6.03 Å². The number of likely N-dealkylation sites (tertiary alicyclic amines) is 1. The van der Waals surface area contributed by atoms with Gasteiger partial charge in [0.05, 0.1) is 12.4 Å². The van der Waals surface area contributed by atoms with E-state index in [2.05, 4.69) is 29.1 Å². The number of ether oxygens (including phenoxy) is 1. The Labute approximate surface area is 168 Å². The van der Waals surface area contributed by atoms with Crippen molar-refractivity contribution >= 4 is 16.1 Å². The van der Waals surface area contributed by atoms with Crippen LogP contribution in [-0.4, -0.2) is 57.4 Å². The Hall–Kier alpha value is -1.80. The van der Waals surface area contributed by atoms with Crippen molar-refractivity contribution in [2.75, 3.05) is 32.0 Å². The first-order valence-corrected chi connectivity index (χ1v) is 11.8. The minimum atomic E-state index is -3.37. The van der Waals surface area contributed by atoms with Gasteiger partial charge in [-0.25, -0.2) is 17.9 Å². The predicted molar refractivity (Wildman–Crippen MR) is 111 cm³/mol. The van der Waals surface area contributed by atoms with E-state index in [0.29, 0.717) is 32.7 Å². The van der Waals surface area contributed by atoms with Gasteiger partial charge in [-0.15, -0.1) is 0 Å². The molecular formula is C20H33N3O4S. The Morgan fingerprint density at radius 1 is 1.21 bits per heavy atom. The van der Waals surface area contributed by atoms with Crippen LogP contribution in [0.5, 0.6) is 5.75 Å². The highest BCUT2D eigenvalue weighted by Crippen LogP contribution is 2.21. The van der Waals surface area contributed by atoms with Crippen molar-refractivity contribution in [3.8, 4) is 5.75 Å². The summed E-state index contributed by atoms with van der Waals surface area (Å²) in [5, 5.41) is 2.78. The molecule has 28 heavy (non-hydrogen) atoms. The fourth-order valence-electron chi connectivity index (χ4n) is 3.34. The summed E-state index contributed by atoms with van der Waals surface area (Å²) < 4.78 is 32.9. The topological polar surface area (TPSA) is 87.7 Å². The number of carbonyl (C=O) groups is 1. The molecule has 0 aliphatic carbocycles. The molecule has 2 amide bonds. The predicted octanol–water partition coefficient (Wildman–Crippen LogP) is 2.38. The fraction of sp³-hybridized carbons (Fsp3) is 0.650. The summed E-state index contributed by atoms with van der Waals surface area (Å²) in [6, 6.07) is 7.52. The first kappa shape index (κ1) is 22.5. The number of sulfonamides is 1. The van der Waals surface area contributed by atoms with E-state index in [1.54, 1.807) is 11.8 Å². The monoisotopic (exact) mass is 411 g/mol. The van der Waals surface area contributed by atoms with Crippen molar-refractivity contribution in [2.24, 2.45) is 5.92 Å². The Morgan fingerprint density at radius 3 is 2.54 bits per heavy atom. The highest BCUT2D eigenvalue weighted by atomic mass is 32.2. The lowest BCUT2D eigenvalue weighted by molar-refractivity contribution is 0.123. The highest BCUT2D eigenvalue weighted by Gasteiger charge is 2.34. The van der Waals surface area contributed by atoms with Crippen LogP contribution in [0.3, 0.4) is 0 Å². The van der Waals surface area contributed by atoms with Crippen molar-refractivity contribution in [3.05, 3.63) is 29.8 Å². The molecule has 0 radical (unpaired) electrons. The summed E-state index contributed by atoms with van der Waals surface area (Å²) >= 11 is 0. The van der Waals surface area contributed by atoms with Crippen molar-refractivity contribution < 1.29 is 17.9 Å². The van der Waals surface area contributed by atoms with E-state index in [-0.39, 0.29) is 23.7 Å². The van der Waals surface area contributed by atoms with E-state index in [9.17, 15) is 13.2 Å². The first-order valence-electron chi connectivity index (χ1n) is 10.1. The van der Waals surface area contributed by atoms with Gasteiger partial charge < -0.3 is 15.0 Å². The molecule has 1 saturated heterocycles. The molecule has 7 nitrogen and oxygen atoms in total. The summed E-state index contributed by atoms with van der Waals surface area (Å²) in [6.07, 6.45) is 2.82. The van der Waals surface area contributed by atoms with E-state index in [1.165, 1.54) is 5.56 Å². The van der Waals surface area contributed by atoms with Crippen LogP contribution in [0.4, 0.5) is 4.79 Å². The number of aryl methyl sites for hydroxylation is 1. The lowest BCUT2D eigenvalue weighted by Gasteiger charge is -2.38.